The molecule has 5 heteroatoms. The predicted octanol–water partition coefficient (Wildman–Crippen LogP) is 3.11. The number of nitrogens with two attached hydrogens (primary N) is 1. The normalized spacial score (nSPS) is 10.7. The van der Waals surface area contributed by atoms with E-state index in [9.17, 15) is 4.79 Å². The number of rotatable bonds is 8. The van der Waals surface area contributed by atoms with Crippen LogP contribution < -0.4 is 15.8 Å². The average molecular weight is 313 g/mol. The number of ether oxygens (including phenoxy) is 1. The van der Waals surface area contributed by atoms with Crippen LogP contribution in [0.15, 0.2) is 42.6 Å². The minimum atomic E-state index is -0.455. The highest BCUT2D eigenvalue weighted by Crippen LogP contribution is 2.19. The Bertz CT molecular complexity index is 622. The fraction of sp³-hybridized carbons (Fsp3) is 0.333. The molecule has 0 spiro atoms. The number of benzene rings is 1. The number of amides is 1. The van der Waals surface area contributed by atoms with Crippen molar-refractivity contribution < 1.29 is 9.53 Å². The summed E-state index contributed by atoms with van der Waals surface area (Å²) < 4.78 is 5.64. The number of aromatic nitrogens is 1. The van der Waals surface area contributed by atoms with Gasteiger partial charge < -0.3 is 15.8 Å². The Labute approximate surface area is 136 Å². The van der Waals surface area contributed by atoms with Gasteiger partial charge in [-0.3, -0.25) is 4.79 Å². The molecule has 2 aromatic rings. The Balaban J connectivity index is 1.85. The maximum absolute atomic E-state index is 11.0. The molecule has 0 atom stereocenters. The van der Waals surface area contributed by atoms with E-state index in [1.165, 1.54) is 0 Å². The lowest BCUT2D eigenvalue weighted by Gasteiger charge is -2.08. The van der Waals surface area contributed by atoms with Crippen LogP contribution in [-0.2, 0) is 6.54 Å². The largest absolute Gasteiger partial charge is 0.439 e. The van der Waals surface area contributed by atoms with Gasteiger partial charge in [-0.1, -0.05) is 19.9 Å². The molecule has 2 rings (SSSR count). The van der Waals surface area contributed by atoms with Crippen molar-refractivity contribution in [2.45, 2.75) is 26.8 Å². The summed E-state index contributed by atoms with van der Waals surface area (Å²) in [5.41, 5.74) is 6.77. The van der Waals surface area contributed by atoms with Crippen molar-refractivity contribution in [2.75, 3.05) is 6.54 Å². The van der Waals surface area contributed by atoms with Gasteiger partial charge in [0.2, 0.25) is 11.8 Å². The van der Waals surface area contributed by atoms with Crippen molar-refractivity contribution in [1.29, 1.82) is 0 Å². The minimum absolute atomic E-state index is 0.452. The van der Waals surface area contributed by atoms with E-state index in [-0.39, 0.29) is 0 Å². The van der Waals surface area contributed by atoms with E-state index in [2.05, 4.69) is 24.1 Å². The lowest BCUT2D eigenvalue weighted by Crippen LogP contribution is -2.16. The lowest BCUT2D eigenvalue weighted by atomic mass is 10.1. The summed E-state index contributed by atoms with van der Waals surface area (Å²) in [6.45, 7) is 6.23. The van der Waals surface area contributed by atoms with Crippen molar-refractivity contribution >= 4 is 5.91 Å². The molecule has 0 fully saturated rings. The van der Waals surface area contributed by atoms with Gasteiger partial charge in [0.25, 0.3) is 0 Å². The zero-order valence-electron chi connectivity index (χ0n) is 13.6. The highest BCUT2D eigenvalue weighted by molar-refractivity contribution is 5.92. The molecule has 0 aliphatic rings. The minimum Gasteiger partial charge on any atom is -0.439 e. The van der Waals surface area contributed by atoms with Crippen LogP contribution >= 0.6 is 0 Å². The van der Waals surface area contributed by atoms with E-state index in [1.54, 1.807) is 30.5 Å². The molecule has 3 N–H and O–H groups in total. The van der Waals surface area contributed by atoms with E-state index in [1.807, 2.05) is 12.1 Å². The summed E-state index contributed by atoms with van der Waals surface area (Å²) >= 11 is 0. The predicted molar refractivity (Wildman–Crippen MR) is 90.4 cm³/mol. The van der Waals surface area contributed by atoms with Gasteiger partial charge in [0, 0.05) is 24.4 Å². The topological polar surface area (TPSA) is 77.2 Å². The smallest absolute Gasteiger partial charge is 0.248 e. The average Bonchev–Trinajstić information content (AvgIpc) is 2.53. The van der Waals surface area contributed by atoms with E-state index >= 15 is 0 Å². The van der Waals surface area contributed by atoms with Gasteiger partial charge in [-0.05, 0) is 48.7 Å². The summed E-state index contributed by atoms with van der Waals surface area (Å²) in [4.78, 5) is 15.3. The molecule has 0 saturated carbocycles. The standard InChI is InChI=1S/C18H23N3O2/c1-13(2)9-10-20-11-14-3-8-17(21-12-14)23-16-6-4-15(5-7-16)18(19)22/h3-8,12-13,20H,9-11H2,1-2H3,(H2,19,22). The van der Waals surface area contributed by atoms with Crippen LogP contribution in [0.1, 0.15) is 36.2 Å². The van der Waals surface area contributed by atoms with Gasteiger partial charge in [-0.2, -0.15) is 0 Å². The molecule has 1 amide bonds. The van der Waals surface area contributed by atoms with Gasteiger partial charge in [0.05, 0.1) is 0 Å². The molecule has 1 aromatic carbocycles. The van der Waals surface area contributed by atoms with Crippen LogP contribution in [0.2, 0.25) is 0 Å². The molecular formula is C18H23N3O2. The SMILES string of the molecule is CC(C)CCNCc1ccc(Oc2ccc(C(N)=O)cc2)nc1. The molecule has 5 nitrogen and oxygen atoms in total. The van der Waals surface area contributed by atoms with Crippen molar-refractivity contribution in [3.05, 3.63) is 53.7 Å². The van der Waals surface area contributed by atoms with Crippen molar-refractivity contribution in [2.24, 2.45) is 11.7 Å². The summed E-state index contributed by atoms with van der Waals surface area (Å²) in [6.07, 6.45) is 2.96. The van der Waals surface area contributed by atoms with Crippen LogP contribution in [0.4, 0.5) is 0 Å². The number of nitrogens with zero attached hydrogens (tertiary/aromatic N) is 1. The Morgan fingerprint density at radius 1 is 1.22 bits per heavy atom. The number of hydrogen-bond donors (Lipinski definition) is 2. The van der Waals surface area contributed by atoms with Gasteiger partial charge in [0.15, 0.2) is 0 Å². The Kier molecular flexibility index (Phi) is 6.11. The Morgan fingerprint density at radius 3 is 2.52 bits per heavy atom. The monoisotopic (exact) mass is 313 g/mol. The van der Waals surface area contributed by atoms with Gasteiger partial charge in [-0.25, -0.2) is 4.98 Å². The third-order valence-electron chi connectivity index (χ3n) is 3.39. The molecule has 0 aliphatic heterocycles. The first-order valence-electron chi connectivity index (χ1n) is 7.78. The molecule has 1 aromatic heterocycles. The first-order valence-corrected chi connectivity index (χ1v) is 7.78. The van der Waals surface area contributed by atoms with Gasteiger partial charge in [-0.15, -0.1) is 0 Å². The third-order valence-corrected chi connectivity index (χ3v) is 3.39. The molecule has 23 heavy (non-hydrogen) atoms. The number of primary amides is 1. The third kappa shape index (κ3) is 5.71. The molecule has 0 radical (unpaired) electrons. The molecule has 1 heterocycles. The summed E-state index contributed by atoms with van der Waals surface area (Å²) in [5.74, 6) is 1.38. The number of hydrogen-bond acceptors (Lipinski definition) is 4. The maximum atomic E-state index is 11.0. The quantitative estimate of drug-likeness (QED) is 0.734. The lowest BCUT2D eigenvalue weighted by molar-refractivity contribution is 0.100. The number of nitrogens with one attached hydrogen (secondary N) is 1. The molecule has 0 aliphatic carbocycles. The van der Waals surface area contributed by atoms with Gasteiger partial charge >= 0.3 is 0 Å². The summed E-state index contributed by atoms with van der Waals surface area (Å²) in [7, 11) is 0. The fourth-order valence-corrected chi connectivity index (χ4v) is 2.01. The van der Waals surface area contributed by atoms with E-state index in [0.717, 1.165) is 25.1 Å². The second-order valence-corrected chi connectivity index (χ2v) is 5.85. The molecule has 0 saturated heterocycles. The van der Waals surface area contributed by atoms with E-state index in [4.69, 9.17) is 10.5 Å². The van der Waals surface area contributed by atoms with Crippen LogP contribution in [0.3, 0.4) is 0 Å². The molecule has 122 valence electrons. The highest BCUT2D eigenvalue weighted by Gasteiger charge is 2.03. The first kappa shape index (κ1) is 17.0. The molecule has 0 bridgehead atoms. The number of carbonyl (C=O) groups is 1. The Morgan fingerprint density at radius 2 is 1.96 bits per heavy atom. The van der Waals surface area contributed by atoms with Crippen molar-refractivity contribution in [3.63, 3.8) is 0 Å². The summed E-state index contributed by atoms with van der Waals surface area (Å²) in [6, 6.07) is 10.5. The first-order chi connectivity index (χ1) is 11.0. The van der Waals surface area contributed by atoms with Gasteiger partial charge in [0.1, 0.15) is 5.75 Å². The highest BCUT2D eigenvalue weighted by atomic mass is 16.5. The molecular weight excluding hydrogens is 290 g/mol. The second kappa shape index (κ2) is 8.29. The van der Waals surface area contributed by atoms with Crippen LogP contribution in [0.5, 0.6) is 11.6 Å². The Hall–Kier alpha value is -2.40. The van der Waals surface area contributed by atoms with Crippen LogP contribution in [0.25, 0.3) is 0 Å². The zero-order valence-corrected chi connectivity index (χ0v) is 13.6. The van der Waals surface area contributed by atoms with Crippen molar-refractivity contribution in [3.8, 4) is 11.6 Å². The number of carbonyl (C=O) groups excluding carboxylic acids is 1. The van der Waals surface area contributed by atoms with Crippen molar-refractivity contribution in [1.82, 2.24) is 10.3 Å². The fourth-order valence-electron chi connectivity index (χ4n) is 2.01. The van der Waals surface area contributed by atoms with E-state index in [0.29, 0.717) is 23.1 Å². The maximum Gasteiger partial charge on any atom is 0.248 e. The zero-order chi connectivity index (χ0) is 16.7. The van der Waals surface area contributed by atoms with E-state index < -0.39 is 5.91 Å². The molecule has 0 unspecified atom stereocenters. The second-order valence-electron chi connectivity index (χ2n) is 5.85. The number of pyridine rings is 1. The van der Waals surface area contributed by atoms with Crippen LogP contribution in [-0.4, -0.2) is 17.4 Å². The van der Waals surface area contributed by atoms with Crippen LogP contribution in [0, 0.1) is 5.92 Å². The summed E-state index contributed by atoms with van der Waals surface area (Å²) in [5, 5.41) is 3.39.